The van der Waals surface area contributed by atoms with Gasteiger partial charge in [-0.05, 0) is 19.4 Å². The summed E-state index contributed by atoms with van der Waals surface area (Å²) in [7, 11) is 0. The molecule has 0 rings (SSSR count). The Bertz CT molecular complexity index is 309. The zero-order valence-corrected chi connectivity index (χ0v) is 12.9. The Kier molecular flexibility index (Phi) is 7.95. The minimum absolute atomic E-state index is 0.210. The van der Waals surface area contributed by atoms with Crippen LogP contribution in [0.25, 0.3) is 0 Å². The third kappa shape index (κ3) is 5.33. The van der Waals surface area contributed by atoms with Gasteiger partial charge in [0.15, 0.2) is 0 Å². The molecule has 0 aromatic carbocycles. The summed E-state index contributed by atoms with van der Waals surface area (Å²) in [5, 5.41) is 20.0. The molecule has 0 spiro atoms. The summed E-state index contributed by atoms with van der Waals surface area (Å²) < 4.78 is 5.29. The van der Waals surface area contributed by atoms with Crippen molar-refractivity contribution in [1.29, 1.82) is 0 Å². The number of hydrogen-bond acceptors (Lipinski definition) is 4. The maximum atomic E-state index is 11.6. The molecular formula is C15H28O4. The lowest BCUT2D eigenvalue weighted by atomic mass is 9.87. The second-order valence-electron chi connectivity index (χ2n) is 5.38. The van der Waals surface area contributed by atoms with Crippen LogP contribution in [0.5, 0.6) is 0 Å². The quantitative estimate of drug-likeness (QED) is 0.552. The van der Waals surface area contributed by atoms with Crippen LogP contribution in [0.4, 0.5) is 0 Å². The van der Waals surface area contributed by atoms with Crippen molar-refractivity contribution in [2.24, 2.45) is 17.8 Å². The first kappa shape index (κ1) is 18.1. The Morgan fingerprint density at radius 3 is 2.11 bits per heavy atom. The van der Waals surface area contributed by atoms with Crippen LogP contribution in [0, 0.1) is 17.8 Å². The molecule has 0 aromatic heterocycles. The van der Waals surface area contributed by atoms with Crippen LogP contribution in [-0.2, 0) is 9.53 Å². The molecule has 0 aliphatic rings. The number of ether oxygens (including phenoxy) is 1. The molecular weight excluding hydrogens is 244 g/mol. The number of allylic oxidation sites excluding steroid dienone is 1. The van der Waals surface area contributed by atoms with E-state index < -0.39 is 12.2 Å². The molecule has 0 aromatic rings. The predicted molar refractivity (Wildman–Crippen MR) is 75.3 cm³/mol. The lowest BCUT2D eigenvalue weighted by Gasteiger charge is -2.29. The van der Waals surface area contributed by atoms with E-state index in [0.717, 1.165) is 0 Å². The summed E-state index contributed by atoms with van der Waals surface area (Å²) >= 11 is 0. The normalized spacial score (nSPS) is 18.9. The van der Waals surface area contributed by atoms with Gasteiger partial charge in [-0.3, -0.25) is 4.79 Å². The topological polar surface area (TPSA) is 66.8 Å². The molecule has 0 aliphatic carbocycles. The maximum absolute atomic E-state index is 11.6. The first-order chi connectivity index (χ1) is 8.76. The second-order valence-corrected chi connectivity index (χ2v) is 5.38. The predicted octanol–water partition coefficient (Wildman–Crippen LogP) is 2.49. The van der Waals surface area contributed by atoms with E-state index in [1.807, 2.05) is 6.92 Å². The zero-order chi connectivity index (χ0) is 15.2. The van der Waals surface area contributed by atoms with Crippen LogP contribution >= 0.6 is 0 Å². The Morgan fingerprint density at radius 2 is 1.74 bits per heavy atom. The van der Waals surface area contributed by atoms with Gasteiger partial charge < -0.3 is 14.9 Å². The molecule has 19 heavy (non-hydrogen) atoms. The molecule has 2 N–H and O–H groups in total. The van der Waals surface area contributed by atoms with E-state index in [1.165, 1.54) is 0 Å². The smallest absolute Gasteiger partial charge is 0.313 e. The van der Waals surface area contributed by atoms with Gasteiger partial charge in [-0.25, -0.2) is 0 Å². The number of aliphatic hydroxyl groups is 2. The van der Waals surface area contributed by atoms with E-state index in [0.29, 0.717) is 12.2 Å². The summed E-state index contributed by atoms with van der Waals surface area (Å²) in [4.78, 5) is 11.6. The highest BCUT2D eigenvalue weighted by atomic mass is 16.5. The average molecular weight is 272 g/mol. The van der Waals surface area contributed by atoms with Gasteiger partial charge in [0.2, 0.25) is 0 Å². The van der Waals surface area contributed by atoms with Crippen LogP contribution in [0.1, 0.15) is 48.0 Å². The van der Waals surface area contributed by atoms with E-state index in [4.69, 9.17) is 4.74 Å². The summed E-state index contributed by atoms with van der Waals surface area (Å²) in [5.74, 6) is -0.660. The molecule has 4 nitrogen and oxygen atoms in total. The van der Waals surface area contributed by atoms with Crippen LogP contribution in [-0.4, -0.2) is 28.4 Å². The second kappa shape index (κ2) is 8.33. The average Bonchev–Trinajstić information content (AvgIpc) is 2.40. The molecule has 0 aliphatic heterocycles. The maximum Gasteiger partial charge on any atom is 0.313 e. The molecule has 0 bridgehead atoms. The monoisotopic (exact) mass is 272 g/mol. The molecule has 0 unspecified atom stereocenters. The molecule has 0 amide bonds. The third-order valence-corrected chi connectivity index (χ3v) is 3.50. The van der Waals surface area contributed by atoms with Crippen molar-refractivity contribution in [2.75, 3.05) is 0 Å². The Morgan fingerprint density at radius 1 is 1.21 bits per heavy atom. The highest BCUT2D eigenvalue weighted by Gasteiger charge is 2.30. The molecule has 0 saturated carbocycles. The fraction of sp³-hybridized carbons (Fsp3) is 0.800. The van der Waals surface area contributed by atoms with Gasteiger partial charge in [-0.2, -0.15) is 0 Å². The molecule has 0 saturated heterocycles. The van der Waals surface area contributed by atoms with Gasteiger partial charge in [-0.1, -0.05) is 34.6 Å². The fourth-order valence-electron chi connectivity index (χ4n) is 1.87. The van der Waals surface area contributed by atoms with Crippen molar-refractivity contribution in [2.45, 2.75) is 60.2 Å². The van der Waals surface area contributed by atoms with E-state index >= 15 is 0 Å². The molecule has 0 radical (unpaired) electrons. The molecule has 0 heterocycles. The zero-order valence-electron chi connectivity index (χ0n) is 12.9. The lowest BCUT2D eigenvalue weighted by molar-refractivity contribution is -0.144. The van der Waals surface area contributed by atoms with Crippen LogP contribution in [0.3, 0.4) is 0 Å². The molecule has 4 heteroatoms. The van der Waals surface area contributed by atoms with Gasteiger partial charge >= 0.3 is 5.97 Å². The van der Waals surface area contributed by atoms with Crippen molar-refractivity contribution in [3.05, 3.63) is 11.8 Å². The highest BCUT2D eigenvalue weighted by Crippen LogP contribution is 2.25. The Hall–Kier alpha value is -0.870. The summed E-state index contributed by atoms with van der Waals surface area (Å²) in [6.45, 7) is 10.8. The van der Waals surface area contributed by atoms with E-state index in [2.05, 4.69) is 0 Å². The highest BCUT2D eigenvalue weighted by molar-refractivity contribution is 5.72. The third-order valence-electron chi connectivity index (χ3n) is 3.50. The van der Waals surface area contributed by atoms with Crippen molar-refractivity contribution in [3.8, 4) is 0 Å². The lowest BCUT2D eigenvalue weighted by Crippen LogP contribution is -2.35. The first-order valence-electron chi connectivity index (χ1n) is 7.00. The van der Waals surface area contributed by atoms with Gasteiger partial charge in [-0.15, -0.1) is 0 Å². The molecule has 112 valence electrons. The van der Waals surface area contributed by atoms with E-state index in [-0.39, 0.29) is 23.7 Å². The minimum Gasteiger partial charge on any atom is -0.431 e. The van der Waals surface area contributed by atoms with Crippen molar-refractivity contribution < 1.29 is 19.7 Å². The largest absolute Gasteiger partial charge is 0.431 e. The van der Waals surface area contributed by atoms with Gasteiger partial charge in [0.05, 0.1) is 18.1 Å². The first-order valence-corrected chi connectivity index (χ1v) is 7.00. The molecule has 0 fully saturated rings. The van der Waals surface area contributed by atoms with Gasteiger partial charge in [0.25, 0.3) is 0 Å². The number of carbonyl (C=O) groups excluding carboxylic acids is 1. The fourth-order valence-corrected chi connectivity index (χ4v) is 1.87. The SMILES string of the molecule is C/C=C(\OC(=O)C(C)C)[C@H](C)[C@H](O)[C@@H](C)[C@H](O)CC. The minimum atomic E-state index is -0.749. The van der Waals surface area contributed by atoms with Crippen LogP contribution in [0.2, 0.25) is 0 Å². The van der Waals surface area contributed by atoms with E-state index in [1.54, 1.807) is 40.7 Å². The molecule has 4 atom stereocenters. The number of aliphatic hydroxyl groups excluding tert-OH is 2. The van der Waals surface area contributed by atoms with Gasteiger partial charge in [0.1, 0.15) is 5.76 Å². The van der Waals surface area contributed by atoms with Crippen molar-refractivity contribution in [3.63, 3.8) is 0 Å². The van der Waals surface area contributed by atoms with E-state index in [9.17, 15) is 15.0 Å². The summed E-state index contributed by atoms with van der Waals surface area (Å²) in [5.41, 5.74) is 0. The number of esters is 1. The standard InChI is InChI=1S/C15H28O4/c1-7-12(16)10(5)14(17)11(6)13(8-2)19-15(18)9(3)4/h8-12,14,16-17H,7H2,1-6H3/b13-8-/t10-,11-,12+,14+/m0/s1. The summed E-state index contributed by atoms with van der Waals surface area (Å²) in [6, 6.07) is 0. The van der Waals surface area contributed by atoms with Crippen molar-refractivity contribution >= 4 is 5.97 Å². The number of hydrogen-bond donors (Lipinski definition) is 2. The van der Waals surface area contributed by atoms with Crippen LogP contribution < -0.4 is 0 Å². The number of carbonyl (C=O) groups is 1. The van der Waals surface area contributed by atoms with Crippen LogP contribution in [0.15, 0.2) is 11.8 Å². The Labute approximate surface area is 116 Å². The van der Waals surface area contributed by atoms with Gasteiger partial charge in [0, 0.05) is 11.8 Å². The number of rotatable bonds is 7. The Balaban J connectivity index is 4.76. The summed E-state index contributed by atoms with van der Waals surface area (Å²) in [6.07, 6.45) is 0.971. The van der Waals surface area contributed by atoms with Crippen molar-refractivity contribution in [1.82, 2.24) is 0 Å².